The van der Waals surface area contributed by atoms with Gasteiger partial charge < -0.3 is 20.1 Å². The van der Waals surface area contributed by atoms with Crippen molar-refractivity contribution in [3.05, 3.63) is 90.0 Å². The highest BCUT2D eigenvalue weighted by Crippen LogP contribution is 2.21. The monoisotopic (exact) mass is 416 g/mol. The minimum Gasteiger partial charge on any atom is -0.489 e. The quantitative estimate of drug-likeness (QED) is 0.549. The molecule has 3 aromatic carbocycles. The molecular weight excluding hydrogens is 392 g/mol. The number of anilines is 1. The molecule has 2 amide bonds. The van der Waals surface area contributed by atoms with E-state index in [1.54, 1.807) is 48.5 Å². The number of ether oxygens (including phenoxy) is 2. The molecule has 0 bridgehead atoms. The molecule has 158 valence electrons. The second-order valence-electron chi connectivity index (χ2n) is 7.41. The zero-order chi connectivity index (χ0) is 21.5. The molecule has 1 fully saturated rings. The van der Waals surface area contributed by atoms with E-state index in [4.69, 9.17) is 9.47 Å². The third-order valence-electron chi connectivity index (χ3n) is 4.77. The van der Waals surface area contributed by atoms with Gasteiger partial charge in [0.1, 0.15) is 18.1 Å². The summed E-state index contributed by atoms with van der Waals surface area (Å²) >= 11 is 0. The first-order valence-electron chi connectivity index (χ1n) is 10.3. The maximum absolute atomic E-state index is 12.2. The average Bonchev–Trinajstić information content (AvgIpc) is 3.62. The van der Waals surface area contributed by atoms with Crippen molar-refractivity contribution in [2.45, 2.75) is 25.5 Å². The summed E-state index contributed by atoms with van der Waals surface area (Å²) in [6.07, 6.45) is 2.06. The van der Waals surface area contributed by atoms with Crippen LogP contribution in [0.15, 0.2) is 78.9 Å². The summed E-state index contributed by atoms with van der Waals surface area (Å²) in [6.45, 7) is 0.331. The Morgan fingerprint density at radius 3 is 2.35 bits per heavy atom. The lowest BCUT2D eigenvalue weighted by atomic mass is 10.2. The first kappa shape index (κ1) is 20.5. The third kappa shape index (κ3) is 6.34. The lowest BCUT2D eigenvalue weighted by Gasteiger charge is -2.10. The van der Waals surface area contributed by atoms with Crippen LogP contribution in [-0.2, 0) is 11.4 Å². The molecule has 6 heteroatoms. The summed E-state index contributed by atoms with van der Waals surface area (Å²) in [5.74, 6) is 0.792. The van der Waals surface area contributed by atoms with Crippen molar-refractivity contribution in [1.82, 2.24) is 5.32 Å². The lowest BCUT2D eigenvalue weighted by Crippen LogP contribution is -2.25. The normalized spacial score (nSPS) is 12.6. The number of nitrogens with one attached hydrogen (secondary N) is 2. The topological polar surface area (TPSA) is 76.7 Å². The lowest BCUT2D eigenvalue weighted by molar-refractivity contribution is -0.118. The minimum atomic E-state index is -0.286. The predicted molar refractivity (Wildman–Crippen MR) is 118 cm³/mol. The zero-order valence-corrected chi connectivity index (χ0v) is 17.0. The molecule has 0 atom stereocenters. The fraction of sp³-hybridized carbons (Fsp3) is 0.200. The summed E-state index contributed by atoms with van der Waals surface area (Å²) in [7, 11) is 0. The largest absolute Gasteiger partial charge is 0.489 e. The van der Waals surface area contributed by atoms with Crippen LogP contribution in [0.1, 0.15) is 28.8 Å². The Hall–Kier alpha value is -3.80. The van der Waals surface area contributed by atoms with Gasteiger partial charge >= 0.3 is 0 Å². The van der Waals surface area contributed by atoms with Crippen LogP contribution in [-0.4, -0.2) is 24.5 Å². The summed E-state index contributed by atoms with van der Waals surface area (Å²) in [6, 6.07) is 24.2. The SMILES string of the molecule is O=C(COc1cccc(C(=O)NC2CC2)c1)Nc1ccc(OCc2ccccc2)cc1. The van der Waals surface area contributed by atoms with Gasteiger partial charge in [0.05, 0.1) is 0 Å². The second kappa shape index (κ2) is 9.80. The number of carbonyl (C=O) groups is 2. The van der Waals surface area contributed by atoms with E-state index in [-0.39, 0.29) is 24.5 Å². The molecule has 3 aromatic rings. The summed E-state index contributed by atoms with van der Waals surface area (Å²) in [5, 5.41) is 5.72. The molecule has 2 N–H and O–H groups in total. The molecule has 0 radical (unpaired) electrons. The molecule has 0 aromatic heterocycles. The van der Waals surface area contributed by atoms with Crippen LogP contribution in [0.4, 0.5) is 5.69 Å². The molecule has 0 spiro atoms. The van der Waals surface area contributed by atoms with Gasteiger partial charge in [-0.05, 0) is 60.9 Å². The van der Waals surface area contributed by atoms with Gasteiger partial charge in [0, 0.05) is 17.3 Å². The fourth-order valence-electron chi connectivity index (χ4n) is 2.94. The van der Waals surface area contributed by atoms with E-state index in [0.717, 1.165) is 24.2 Å². The van der Waals surface area contributed by atoms with Crippen LogP contribution in [0.2, 0.25) is 0 Å². The van der Waals surface area contributed by atoms with Crippen molar-refractivity contribution in [2.24, 2.45) is 0 Å². The van der Waals surface area contributed by atoms with E-state index >= 15 is 0 Å². The second-order valence-corrected chi connectivity index (χ2v) is 7.41. The van der Waals surface area contributed by atoms with Crippen LogP contribution in [0.5, 0.6) is 11.5 Å². The van der Waals surface area contributed by atoms with Gasteiger partial charge in [-0.25, -0.2) is 0 Å². The van der Waals surface area contributed by atoms with E-state index in [9.17, 15) is 9.59 Å². The number of carbonyl (C=O) groups excluding carboxylic acids is 2. The summed E-state index contributed by atoms with van der Waals surface area (Å²) < 4.78 is 11.3. The minimum absolute atomic E-state index is 0.119. The van der Waals surface area contributed by atoms with Crippen LogP contribution in [0, 0.1) is 0 Å². The molecule has 1 aliphatic rings. The van der Waals surface area contributed by atoms with Gasteiger partial charge in [-0.15, -0.1) is 0 Å². The molecule has 0 unspecified atom stereocenters. The van der Waals surface area contributed by atoms with Crippen molar-refractivity contribution in [3.8, 4) is 11.5 Å². The number of benzene rings is 3. The number of hydrogen-bond acceptors (Lipinski definition) is 4. The Morgan fingerprint density at radius 1 is 0.839 bits per heavy atom. The average molecular weight is 416 g/mol. The smallest absolute Gasteiger partial charge is 0.262 e. The highest BCUT2D eigenvalue weighted by atomic mass is 16.5. The summed E-state index contributed by atoms with van der Waals surface area (Å²) in [4.78, 5) is 24.3. The van der Waals surface area contributed by atoms with Crippen LogP contribution in [0.25, 0.3) is 0 Å². The zero-order valence-electron chi connectivity index (χ0n) is 17.0. The van der Waals surface area contributed by atoms with Crippen molar-refractivity contribution < 1.29 is 19.1 Å². The molecule has 4 rings (SSSR count). The molecule has 1 saturated carbocycles. The van der Waals surface area contributed by atoms with Crippen molar-refractivity contribution >= 4 is 17.5 Å². The van der Waals surface area contributed by atoms with Gasteiger partial charge in [0.2, 0.25) is 0 Å². The van der Waals surface area contributed by atoms with Crippen LogP contribution in [0.3, 0.4) is 0 Å². The Balaban J connectivity index is 1.23. The van der Waals surface area contributed by atoms with E-state index < -0.39 is 0 Å². The van der Waals surface area contributed by atoms with Crippen LogP contribution < -0.4 is 20.1 Å². The molecular formula is C25H24N2O4. The molecule has 0 aliphatic heterocycles. The van der Waals surface area contributed by atoms with E-state index in [1.165, 1.54) is 0 Å². The summed E-state index contributed by atoms with van der Waals surface area (Å²) in [5.41, 5.74) is 2.26. The number of amides is 2. The molecule has 6 nitrogen and oxygen atoms in total. The first-order valence-corrected chi connectivity index (χ1v) is 10.3. The Bertz CT molecular complexity index is 1030. The Labute approximate surface area is 181 Å². The van der Waals surface area contributed by atoms with Crippen molar-refractivity contribution in [1.29, 1.82) is 0 Å². The predicted octanol–water partition coefficient (Wildman–Crippen LogP) is 4.18. The van der Waals surface area contributed by atoms with Crippen molar-refractivity contribution in [2.75, 3.05) is 11.9 Å². The number of rotatable bonds is 9. The Morgan fingerprint density at radius 2 is 1.61 bits per heavy atom. The first-order chi connectivity index (χ1) is 15.2. The van der Waals surface area contributed by atoms with Gasteiger partial charge in [0.25, 0.3) is 11.8 Å². The maximum atomic E-state index is 12.2. The third-order valence-corrected chi connectivity index (χ3v) is 4.77. The van der Waals surface area contributed by atoms with Gasteiger partial charge in [0.15, 0.2) is 6.61 Å². The maximum Gasteiger partial charge on any atom is 0.262 e. The molecule has 31 heavy (non-hydrogen) atoms. The Kier molecular flexibility index (Phi) is 6.47. The highest BCUT2D eigenvalue weighted by molar-refractivity contribution is 5.95. The highest BCUT2D eigenvalue weighted by Gasteiger charge is 2.23. The van der Waals surface area contributed by atoms with Crippen molar-refractivity contribution in [3.63, 3.8) is 0 Å². The van der Waals surface area contributed by atoms with E-state index in [1.807, 2.05) is 30.3 Å². The molecule has 1 aliphatic carbocycles. The van der Waals surface area contributed by atoms with E-state index in [2.05, 4.69) is 10.6 Å². The van der Waals surface area contributed by atoms with Crippen LogP contribution >= 0.6 is 0 Å². The van der Waals surface area contributed by atoms with Gasteiger partial charge in [-0.3, -0.25) is 9.59 Å². The van der Waals surface area contributed by atoms with Gasteiger partial charge in [-0.2, -0.15) is 0 Å². The van der Waals surface area contributed by atoms with Gasteiger partial charge in [-0.1, -0.05) is 36.4 Å². The number of hydrogen-bond donors (Lipinski definition) is 2. The molecule has 0 heterocycles. The molecule has 0 saturated heterocycles. The standard InChI is InChI=1S/C25H24N2O4/c28-24(17-31-23-8-4-7-19(15-23)25(29)27-21-9-10-21)26-20-11-13-22(14-12-20)30-16-18-5-2-1-3-6-18/h1-8,11-15,21H,9-10,16-17H2,(H,26,28)(H,27,29). The van der Waals surface area contributed by atoms with E-state index in [0.29, 0.717) is 23.6 Å². The fourth-order valence-corrected chi connectivity index (χ4v) is 2.94.